The van der Waals surface area contributed by atoms with Crippen LogP contribution < -0.4 is 0 Å². The summed E-state index contributed by atoms with van der Waals surface area (Å²) in [5.41, 5.74) is 0.517. The van der Waals surface area contributed by atoms with E-state index in [9.17, 15) is 4.79 Å². The number of aromatic nitrogens is 2. The molecule has 0 aromatic carbocycles. The Hall–Kier alpha value is -1.36. The molecule has 0 N–H and O–H groups in total. The zero-order chi connectivity index (χ0) is 10.1. The highest BCUT2D eigenvalue weighted by molar-refractivity contribution is 9.10. The van der Waals surface area contributed by atoms with E-state index in [0.29, 0.717) is 15.8 Å². The van der Waals surface area contributed by atoms with Crippen LogP contribution in [0.5, 0.6) is 0 Å². The summed E-state index contributed by atoms with van der Waals surface area (Å²) in [6, 6.07) is 1.68. The molecule has 14 heavy (non-hydrogen) atoms. The maximum atomic E-state index is 11.8. The number of aryl methyl sites for hydroxylation is 1. The lowest BCUT2D eigenvalue weighted by Gasteiger charge is -1.92. The second-order valence-corrected chi connectivity index (χ2v) is 3.68. The van der Waals surface area contributed by atoms with Crippen molar-refractivity contribution >= 4 is 21.7 Å². The molecule has 0 fully saturated rings. The standard InChI is InChI=1S/C9H7BrN2O2/c1-12-5-6(4-11-12)8(13)9-7(10)2-3-14-9/h2-5H,1H3. The first-order valence-corrected chi connectivity index (χ1v) is 4.74. The van der Waals surface area contributed by atoms with Crippen molar-refractivity contribution in [3.63, 3.8) is 0 Å². The van der Waals surface area contributed by atoms with Gasteiger partial charge >= 0.3 is 0 Å². The molecular formula is C9H7BrN2O2. The van der Waals surface area contributed by atoms with Crippen molar-refractivity contribution < 1.29 is 9.21 Å². The number of nitrogens with zero attached hydrogens (tertiary/aromatic N) is 2. The van der Waals surface area contributed by atoms with E-state index in [1.165, 1.54) is 12.5 Å². The van der Waals surface area contributed by atoms with Gasteiger partial charge in [-0.2, -0.15) is 5.10 Å². The van der Waals surface area contributed by atoms with Crippen LogP contribution in [0.2, 0.25) is 0 Å². The number of carbonyl (C=O) groups excluding carboxylic acids is 1. The summed E-state index contributed by atoms with van der Waals surface area (Å²) in [6.45, 7) is 0. The Bertz CT molecular complexity index is 473. The van der Waals surface area contributed by atoms with Crippen LogP contribution in [0.25, 0.3) is 0 Å². The third kappa shape index (κ3) is 1.50. The minimum Gasteiger partial charge on any atom is -0.460 e. The molecule has 0 amide bonds. The molecule has 0 aliphatic rings. The van der Waals surface area contributed by atoms with Crippen LogP contribution in [-0.4, -0.2) is 15.6 Å². The molecule has 0 bridgehead atoms. The van der Waals surface area contributed by atoms with E-state index in [1.807, 2.05) is 0 Å². The average Bonchev–Trinajstić information content (AvgIpc) is 2.73. The Morgan fingerprint density at radius 3 is 2.93 bits per heavy atom. The quantitative estimate of drug-likeness (QED) is 0.771. The largest absolute Gasteiger partial charge is 0.460 e. The van der Waals surface area contributed by atoms with Gasteiger partial charge in [-0.1, -0.05) is 0 Å². The number of hydrogen-bond donors (Lipinski definition) is 0. The highest BCUT2D eigenvalue weighted by Gasteiger charge is 2.17. The molecule has 2 heterocycles. The monoisotopic (exact) mass is 254 g/mol. The lowest BCUT2D eigenvalue weighted by Crippen LogP contribution is -1.98. The molecule has 2 rings (SSSR count). The molecule has 0 aliphatic carbocycles. The van der Waals surface area contributed by atoms with Crippen molar-refractivity contribution in [3.05, 3.63) is 40.5 Å². The number of rotatable bonds is 2. The minimum atomic E-state index is -0.171. The average molecular weight is 255 g/mol. The van der Waals surface area contributed by atoms with Crippen molar-refractivity contribution in [2.45, 2.75) is 0 Å². The van der Waals surface area contributed by atoms with Gasteiger partial charge in [-0.3, -0.25) is 9.48 Å². The van der Waals surface area contributed by atoms with Crippen molar-refractivity contribution in [1.29, 1.82) is 0 Å². The van der Waals surface area contributed by atoms with E-state index in [4.69, 9.17) is 4.42 Å². The maximum absolute atomic E-state index is 11.8. The van der Waals surface area contributed by atoms with Crippen molar-refractivity contribution in [2.24, 2.45) is 7.05 Å². The summed E-state index contributed by atoms with van der Waals surface area (Å²) in [6.07, 6.45) is 4.63. The first-order chi connectivity index (χ1) is 6.68. The molecule has 0 saturated heterocycles. The molecule has 5 heteroatoms. The van der Waals surface area contributed by atoms with Gasteiger partial charge in [-0.05, 0) is 22.0 Å². The molecule has 0 unspecified atom stereocenters. The lowest BCUT2D eigenvalue weighted by atomic mass is 10.2. The fourth-order valence-corrected chi connectivity index (χ4v) is 1.51. The van der Waals surface area contributed by atoms with Crippen LogP contribution in [0.4, 0.5) is 0 Å². The van der Waals surface area contributed by atoms with Crippen molar-refractivity contribution in [1.82, 2.24) is 9.78 Å². The summed E-state index contributed by atoms with van der Waals surface area (Å²) in [5.74, 6) is 0.132. The van der Waals surface area contributed by atoms with Gasteiger partial charge in [0.15, 0.2) is 5.76 Å². The van der Waals surface area contributed by atoms with E-state index < -0.39 is 0 Å². The molecule has 2 aromatic heterocycles. The maximum Gasteiger partial charge on any atom is 0.232 e. The van der Waals surface area contributed by atoms with Gasteiger partial charge in [-0.25, -0.2) is 0 Å². The molecule has 4 nitrogen and oxygen atoms in total. The van der Waals surface area contributed by atoms with Crippen LogP contribution in [-0.2, 0) is 7.05 Å². The Kier molecular flexibility index (Phi) is 2.25. The predicted octanol–water partition coefficient (Wildman–Crippen LogP) is 2.01. The number of ketones is 1. The fourth-order valence-electron chi connectivity index (χ4n) is 1.13. The van der Waals surface area contributed by atoms with E-state index in [2.05, 4.69) is 21.0 Å². The molecule has 72 valence electrons. The van der Waals surface area contributed by atoms with Crippen LogP contribution in [0, 0.1) is 0 Å². The summed E-state index contributed by atoms with van der Waals surface area (Å²) in [4.78, 5) is 11.8. The van der Waals surface area contributed by atoms with Crippen LogP contribution in [0.15, 0.2) is 33.6 Å². The predicted molar refractivity (Wildman–Crippen MR) is 53.0 cm³/mol. The van der Waals surface area contributed by atoms with Gasteiger partial charge in [0.1, 0.15) is 0 Å². The number of hydrogen-bond acceptors (Lipinski definition) is 3. The van der Waals surface area contributed by atoms with Crippen LogP contribution in [0.1, 0.15) is 16.1 Å². The molecule has 2 aromatic rings. The highest BCUT2D eigenvalue weighted by Crippen LogP contribution is 2.20. The molecule has 0 radical (unpaired) electrons. The summed E-state index contributed by atoms with van der Waals surface area (Å²) in [5, 5.41) is 3.92. The first kappa shape index (κ1) is 9.21. The van der Waals surface area contributed by atoms with Crippen LogP contribution >= 0.6 is 15.9 Å². The van der Waals surface area contributed by atoms with E-state index >= 15 is 0 Å². The molecule has 0 atom stereocenters. The summed E-state index contributed by atoms with van der Waals surface area (Å²) >= 11 is 3.23. The van der Waals surface area contributed by atoms with E-state index in [-0.39, 0.29) is 5.78 Å². The molecular weight excluding hydrogens is 248 g/mol. The van der Waals surface area contributed by atoms with E-state index in [1.54, 1.807) is 24.0 Å². The van der Waals surface area contributed by atoms with Gasteiger partial charge in [0.2, 0.25) is 5.78 Å². The van der Waals surface area contributed by atoms with Crippen LogP contribution in [0.3, 0.4) is 0 Å². The SMILES string of the molecule is Cn1cc(C(=O)c2occc2Br)cn1. The Labute approximate surface area is 88.6 Å². The van der Waals surface area contributed by atoms with Gasteiger partial charge in [-0.15, -0.1) is 0 Å². The van der Waals surface area contributed by atoms with Gasteiger partial charge in [0.25, 0.3) is 0 Å². The second-order valence-electron chi connectivity index (χ2n) is 2.83. The molecule has 0 aliphatic heterocycles. The first-order valence-electron chi connectivity index (χ1n) is 3.95. The Balaban J connectivity index is 2.38. The fraction of sp³-hybridized carbons (Fsp3) is 0.111. The van der Waals surface area contributed by atoms with Crippen molar-refractivity contribution in [3.8, 4) is 0 Å². The zero-order valence-electron chi connectivity index (χ0n) is 7.40. The van der Waals surface area contributed by atoms with E-state index in [0.717, 1.165) is 0 Å². The number of furan rings is 1. The lowest BCUT2D eigenvalue weighted by molar-refractivity contribution is 0.101. The highest BCUT2D eigenvalue weighted by atomic mass is 79.9. The molecule has 0 spiro atoms. The number of carbonyl (C=O) groups is 1. The summed E-state index contributed by atoms with van der Waals surface area (Å²) in [7, 11) is 1.76. The minimum absolute atomic E-state index is 0.171. The Morgan fingerprint density at radius 1 is 1.64 bits per heavy atom. The zero-order valence-corrected chi connectivity index (χ0v) is 8.98. The van der Waals surface area contributed by atoms with Gasteiger partial charge < -0.3 is 4.42 Å². The van der Waals surface area contributed by atoms with Gasteiger partial charge in [0.05, 0.1) is 22.5 Å². The smallest absolute Gasteiger partial charge is 0.232 e. The topological polar surface area (TPSA) is 48.0 Å². The second kappa shape index (κ2) is 3.42. The normalized spacial score (nSPS) is 10.4. The van der Waals surface area contributed by atoms with Gasteiger partial charge in [0, 0.05) is 13.2 Å². The molecule has 0 saturated carbocycles. The third-order valence-electron chi connectivity index (χ3n) is 1.79. The summed E-state index contributed by atoms with van der Waals surface area (Å²) < 4.78 is 7.29. The number of halogens is 1. The Morgan fingerprint density at radius 2 is 2.43 bits per heavy atom. The van der Waals surface area contributed by atoms with Crippen molar-refractivity contribution in [2.75, 3.05) is 0 Å². The third-order valence-corrected chi connectivity index (χ3v) is 2.41.